The highest BCUT2D eigenvalue weighted by molar-refractivity contribution is 5.61. The molecule has 2 N–H and O–H groups in total. The lowest BCUT2D eigenvalue weighted by Crippen LogP contribution is -2.18. The molecule has 0 spiro atoms. The molecular formula is C16H18O5. The molecule has 112 valence electrons. The molecule has 3 saturated heterocycles. The summed E-state index contributed by atoms with van der Waals surface area (Å²) in [6, 6.07) is 5.62. The number of hydrogen-bond donors (Lipinski definition) is 2. The van der Waals surface area contributed by atoms with Gasteiger partial charge in [0.1, 0.15) is 24.4 Å². The average Bonchev–Trinajstić information content (AvgIpc) is 3.41. The molecule has 21 heavy (non-hydrogen) atoms. The normalized spacial score (nSPS) is 33.5. The van der Waals surface area contributed by atoms with Crippen LogP contribution in [0.3, 0.4) is 0 Å². The predicted molar refractivity (Wildman–Crippen MR) is 74.4 cm³/mol. The van der Waals surface area contributed by atoms with E-state index in [1.54, 1.807) is 0 Å². The van der Waals surface area contributed by atoms with Gasteiger partial charge in [-0.05, 0) is 22.3 Å². The molecule has 0 aromatic heterocycles. The Bertz CT molecular complexity index is 562. The van der Waals surface area contributed by atoms with Gasteiger partial charge in [0.05, 0.1) is 26.4 Å². The van der Waals surface area contributed by atoms with Gasteiger partial charge in [-0.1, -0.05) is 24.3 Å². The fourth-order valence-electron chi connectivity index (χ4n) is 2.97. The maximum atomic E-state index is 9.53. The Labute approximate surface area is 122 Å². The van der Waals surface area contributed by atoms with Crippen LogP contribution < -0.4 is 0 Å². The molecule has 1 aromatic rings. The summed E-state index contributed by atoms with van der Waals surface area (Å²) >= 11 is 0. The van der Waals surface area contributed by atoms with Gasteiger partial charge in [0.2, 0.25) is 0 Å². The molecule has 0 radical (unpaired) electrons. The van der Waals surface area contributed by atoms with Gasteiger partial charge in [-0.15, -0.1) is 0 Å². The summed E-state index contributed by atoms with van der Waals surface area (Å²) in [7, 11) is 0. The second-order valence-electron chi connectivity index (χ2n) is 5.72. The molecule has 3 aliphatic rings. The highest BCUT2D eigenvalue weighted by Gasteiger charge is 2.54. The molecule has 4 atom stereocenters. The lowest BCUT2D eigenvalue weighted by atomic mass is 9.97. The molecule has 5 nitrogen and oxygen atoms in total. The van der Waals surface area contributed by atoms with E-state index in [0.717, 1.165) is 22.3 Å². The molecule has 3 heterocycles. The van der Waals surface area contributed by atoms with Gasteiger partial charge in [0.15, 0.2) is 0 Å². The highest BCUT2D eigenvalue weighted by atomic mass is 16.7. The number of aliphatic hydroxyl groups is 2. The number of ether oxygens (including phenoxy) is 3. The number of benzene rings is 1. The minimum atomic E-state index is -0.0556. The summed E-state index contributed by atoms with van der Waals surface area (Å²) in [5, 5.41) is 18.7. The first-order valence-corrected chi connectivity index (χ1v) is 7.24. The van der Waals surface area contributed by atoms with Crippen molar-refractivity contribution >= 4 is 6.08 Å². The minimum Gasteiger partial charge on any atom is -0.392 e. The molecule has 0 bridgehead atoms. The van der Waals surface area contributed by atoms with Crippen molar-refractivity contribution in [3.8, 4) is 0 Å². The fourth-order valence-corrected chi connectivity index (χ4v) is 2.97. The van der Waals surface area contributed by atoms with Gasteiger partial charge >= 0.3 is 0 Å². The third-order valence-electron chi connectivity index (χ3n) is 4.27. The van der Waals surface area contributed by atoms with Gasteiger partial charge in [-0.3, -0.25) is 0 Å². The second kappa shape index (κ2) is 5.19. The van der Waals surface area contributed by atoms with E-state index in [0.29, 0.717) is 13.2 Å². The van der Waals surface area contributed by atoms with Crippen LogP contribution in [0.25, 0.3) is 6.08 Å². The van der Waals surface area contributed by atoms with E-state index in [2.05, 4.69) is 6.08 Å². The molecule has 5 heteroatoms. The van der Waals surface area contributed by atoms with E-state index < -0.39 is 0 Å². The van der Waals surface area contributed by atoms with Crippen LogP contribution in [0.4, 0.5) is 0 Å². The zero-order valence-corrected chi connectivity index (χ0v) is 11.6. The summed E-state index contributed by atoms with van der Waals surface area (Å²) in [5.74, 6) is 0. The second-order valence-corrected chi connectivity index (χ2v) is 5.72. The highest BCUT2D eigenvalue weighted by Crippen LogP contribution is 2.43. The molecule has 3 aliphatic heterocycles. The van der Waals surface area contributed by atoms with E-state index in [1.165, 1.54) is 0 Å². The monoisotopic (exact) mass is 290 g/mol. The average molecular weight is 290 g/mol. The van der Waals surface area contributed by atoms with Gasteiger partial charge < -0.3 is 24.4 Å². The number of fused-ring (bicyclic) bond motifs is 2. The van der Waals surface area contributed by atoms with Gasteiger partial charge in [0.25, 0.3) is 0 Å². The maximum Gasteiger partial charge on any atom is 0.112 e. The molecule has 3 fully saturated rings. The maximum absolute atomic E-state index is 9.53. The van der Waals surface area contributed by atoms with Crippen LogP contribution in [0.1, 0.15) is 16.7 Å². The predicted octanol–water partition coefficient (Wildman–Crippen LogP) is 0.620. The molecule has 0 amide bonds. The number of epoxide rings is 2. The fraction of sp³-hybridized carbons (Fsp3) is 0.500. The van der Waals surface area contributed by atoms with Crippen molar-refractivity contribution in [2.75, 3.05) is 13.2 Å². The largest absolute Gasteiger partial charge is 0.392 e. The van der Waals surface area contributed by atoms with Crippen LogP contribution in [-0.2, 0) is 27.4 Å². The molecule has 4 rings (SSSR count). The summed E-state index contributed by atoms with van der Waals surface area (Å²) < 4.78 is 16.8. The lowest BCUT2D eigenvalue weighted by Gasteiger charge is -2.09. The quantitative estimate of drug-likeness (QED) is 0.798. The molecule has 1 aromatic carbocycles. The van der Waals surface area contributed by atoms with Crippen molar-refractivity contribution in [1.29, 1.82) is 0 Å². The van der Waals surface area contributed by atoms with Gasteiger partial charge in [0, 0.05) is 0 Å². The number of hydrogen-bond acceptors (Lipinski definition) is 5. The first kappa shape index (κ1) is 13.4. The Morgan fingerprint density at radius 2 is 1.76 bits per heavy atom. The topological polar surface area (TPSA) is 74.8 Å². The van der Waals surface area contributed by atoms with Gasteiger partial charge in [-0.25, -0.2) is 0 Å². The first-order chi connectivity index (χ1) is 10.3. The minimum absolute atomic E-state index is 0.0250. The summed E-state index contributed by atoms with van der Waals surface area (Å²) in [5.41, 5.74) is 3.70. The molecule has 0 aliphatic carbocycles. The third kappa shape index (κ3) is 2.52. The molecule has 4 unspecified atom stereocenters. The zero-order chi connectivity index (χ0) is 14.4. The van der Waals surface area contributed by atoms with Crippen LogP contribution >= 0.6 is 0 Å². The summed E-state index contributed by atoms with van der Waals surface area (Å²) in [6.07, 6.45) is 2.48. The SMILES string of the molecule is OCc1ccc(C=C2C3OC3COCC3OC23)c(CO)c1. The Hall–Kier alpha value is -1.24. The first-order valence-electron chi connectivity index (χ1n) is 7.24. The van der Waals surface area contributed by atoms with Crippen molar-refractivity contribution in [3.63, 3.8) is 0 Å². The Balaban J connectivity index is 1.66. The zero-order valence-electron chi connectivity index (χ0n) is 11.6. The van der Waals surface area contributed by atoms with Crippen molar-refractivity contribution in [1.82, 2.24) is 0 Å². The van der Waals surface area contributed by atoms with Crippen LogP contribution in [0, 0.1) is 0 Å². The van der Waals surface area contributed by atoms with Gasteiger partial charge in [-0.2, -0.15) is 0 Å². The summed E-state index contributed by atoms with van der Waals surface area (Å²) in [4.78, 5) is 0. The van der Waals surface area contributed by atoms with E-state index in [1.807, 2.05) is 18.2 Å². The Morgan fingerprint density at radius 1 is 1.05 bits per heavy atom. The van der Waals surface area contributed by atoms with Crippen molar-refractivity contribution in [2.45, 2.75) is 37.6 Å². The Kier molecular flexibility index (Phi) is 3.32. The molecular weight excluding hydrogens is 272 g/mol. The van der Waals surface area contributed by atoms with Crippen LogP contribution in [0.2, 0.25) is 0 Å². The standard InChI is InChI=1S/C16H18O5/c17-5-9-1-2-10(11(3-9)6-18)4-12-15-13(20-15)7-19-8-14-16(12)21-14/h1-4,13-18H,5-8H2. The van der Waals surface area contributed by atoms with E-state index in [4.69, 9.17) is 14.2 Å². The Morgan fingerprint density at radius 3 is 2.38 bits per heavy atom. The van der Waals surface area contributed by atoms with Crippen LogP contribution in [0.15, 0.2) is 23.8 Å². The van der Waals surface area contributed by atoms with Crippen LogP contribution in [0.5, 0.6) is 0 Å². The van der Waals surface area contributed by atoms with E-state index >= 15 is 0 Å². The number of rotatable bonds is 3. The van der Waals surface area contributed by atoms with Crippen molar-refractivity contribution < 1.29 is 24.4 Å². The summed E-state index contributed by atoms with van der Waals surface area (Å²) in [6.45, 7) is 1.15. The van der Waals surface area contributed by atoms with Crippen molar-refractivity contribution in [3.05, 3.63) is 40.5 Å². The molecule has 0 saturated carbocycles. The lowest BCUT2D eigenvalue weighted by molar-refractivity contribution is 0.102. The third-order valence-corrected chi connectivity index (χ3v) is 4.27. The number of aliphatic hydroxyl groups excluding tert-OH is 2. The van der Waals surface area contributed by atoms with E-state index in [-0.39, 0.29) is 37.6 Å². The van der Waals surface area contributed by atoms with Crippen molar-refractivity contribution in [2.24, 2.45) is 0 Å². The van der Waals surface area contributed by atoms with E-state index in [9.17, 15) is 10.2 Å². The smallest absolute Gasteiger partial charge is 0.112 e. The van der Waals surface area contributed by atoms with Crippen LogP contribution in [-0.4, -0.2) is 47.8 Å².